The van der Waals surface area contributed by atoms with Gasteiger partial charge in [0.25, 0.3) is 0 Å². The van der Waals surface area contributed by atoms with Gasteiger partial charge in [0.2, 0.25) is 0 Å². The minimum atomic E-state index is 0.336. The Morgan fingerprint density at radius 1 is 1.24 bits per heavy atom. The minimum Gasteiger partial charge on any atom is -0.329 e. The van der Waals surface area contributed by atoms with Crippen molar-refractivity contribution in [1.82, 2.24) is 4.90 Å². The van der Waals surface area contributed by atoms with Gasteiger partial charge in [0, 0.05) is 23.1 Å². The third kappa shape index (κ3) is 4.54. The van der Waals surface area contributed by atoms with Crippen LogP contribution in [0.3, 0.4) is 0 Å². The summed E-state index contributed by atoms with van der Waals surface area (Å²) in [6.07, 6.45) is 6.65. The zero-order valence-electron chi connectivity index (χ0n) is 13.4. The molecule has 0 saturated heterocycles. The highest BCUT2D eigenvalue weighted by Crippen LogP contribution is 2.34. The van der Waals surface area contributed by atoms with Gasteiger partial charge < -0.3 is 5.73 Å². The fourth-order valence-electron chi connectivity index (χ4n) is 3.42. The second kappa shape index (κ2) is 8.30. The van der Waals surface area contributed by atoms with E-state index >= 15 is 0 Å². The van der Waals surface area contributed by atoms with Gasteiger partial charge in [-0.25, -0.2) is 0 Å². The van der Waals surface area contributed by atoms with Crippen LogP contribution in [-0.2, 0) is 0 Å². The summed E-state index contributed by atoms with van der Waals surface area (Å²) in [4.78, 5) is 2.69. The van der Waals surface area contributed by atoms with Crippen LogP contribution < -0.4 is 5.73 Å². The van der Waals surface area contributed by atoms with E-state index in [2.05, 4.69) is 58.9 Å². The van der Waals surface area contributed by atoms with E-state index in [9.17, 15) is 0 Å². The van der Waals surface area contributed by atoms with Crippen molar-refractivity contribution < 1.29 is 0 Å². The minimum absolute atomic E-state index is 0.336. The molecule has 2 rings (SSSR count). The zero-order chi connectivity index (χ0) is 15.2. The molecule has 3 heteroatoms. The van der Waals surface area contributed by atoms with E-state index < -0.39 is 0 Å². The first-order valence-corrected chi connectivity index (χ1v) is 9.13. The lowest BCUT2D eigenvalue weighted by Crippen LogP contribution is -2.41. The van der Waals surface area contributed by atoms with Crippen LogP contribution in [0.4, 0.5) is 0 Å². The Balaban J connectivity index is 2.21. The second-order valence-electron chi connectivity index (χ2n) is 6.63. The quantitative estimate of drug-likeness (QED) is 0.767. The first-order chi connectivity index (χ1) is 10.1. The van der Waals surface area contributed by atoms with Crippen LogP contribution in [0, 0.1) is 5.92 Å². The Kier molecular flexibility index (Phi) is 6.72. The number of nitrogens with zero attached hydrogens (tertiary/aromatic N) is 1. The molecule has 2 nitrogen and oxygen atoms in total. The Hall–Kier alpha value is -0.380. The molecule has 0 amide bonds. The SMILES string of the molecule is CC(C)CCN(C1CCCC1)C(CN)c1ccccc1Br. The number of nitrogens with two attached hydrogens (primary N) is 1. The standard InChI is InChI=1S/C18H29BrN2/c1-14(2)11-12-21(15-7-3-4-8-15)18(13-20)16-9-5-6-10-17(16)19/h5-6,9-10,14-15,18H,3-4,7-8,11-13,20H2,1-2H3. The number of hydrogen-bond donors (Lipinski definition) is 1. The lowest BCUT2D eigenvalue weighted by Gasteiger charge is -2.37. The van der Waals surface area contributed by atoms with Gasteiger partial charge in [0.15, 0.2) is 0 Å². The average molecular weight is 353 g/mol. The molecule has 0 radical (unpaired) electrons. The van der Waals surface area contributed by atoms with Crippen molar-refractivity contribution >= 4 is 15.9 Å². The van der Waals surface area contributed by atoms with Crippen LogP contribution in [0.5, 0.6) is 0 Å². The maximum Gasteiger partial charge on any atom is 0.0484 e. The van der Waals surface area contributed by atoms with Gasteiger partial charge in [0.05, 0.1) is 0 Å². The molecule has 0 aliphatic heterocycles. The fraction of sp³-hybridized carbons (Fsp3) is 0.667. The van der Waals surface area contributed by atoms with Crippen LogP contribution in [0.1, 0.15) is 57.6 Å². The van der Waals surface area contributed by atoms with Crippen molar-refractivity contribution in [3.63, 3.8) is 0 Å². The molecule has 0 aromatic heterocycles. The van der Waals surface area contributed by atoms with Crippen LogP contribution >= 0.6 is 15.9 Å². The molecule has 1 atom stereocenters. The van der Waals surface area contributed by atoms with E-state index in [1.807, 2.05) is 0 Å². The molecule has 1 aliphatic carbocycles. The van der Waals surface area contributed by atoms with E-state index in [1.54, 1.807) is 0 Å². The molecule has 1 saturated carbocycles. The average Bonchev–Trinajstić information content (AvgIpc) is 2.98. The number of hydrogen-bond acceptors (Lipinski definition) is 2. The highest BCUT2D eigenvalue weighted by atomic mass is 79.9. The van der Waals surface area contributed by atoms with Gasteiger partial charge in [0.1, 0.15) is 0 Å². The van der Waals surface area contributed by atoms with Crippen molar-refractivity contribution in [3.8, 4) is 0 Å². The van der Waals surface area contributed by atoms with Gasteiger partial charge in [-0.05, 0) is 43.4 Å². The summed E-state index contributed by atoms with van der Waals surface area (Å²) in [6, 6.07) is 9.60. The maximum absolute atomic E-state index is 6.19. The summed E-state index contributed by atoms with van der Waals surface area (Å²) in [5, 5.41) is 0. The smallest absolute Gasteiger partial charge is 0.0484 e. The second-order valence-corrected chi connectivity index (χ2v) is 7.49. The summed E-state index contributed by atoms with van der Waals surface area (Å²) in [6.45, 7) is 6.47. The van der Waals surface area contributed by atoms with Crippen molar-refractivity contribution in [2.45, 2.75) is 58.0 Å². The third-order valence-electron chi connectivity index (χ3n) is 4.65. The predicted octanol–water partition coefficient (Wildman–Crippen LogP) is 4.74. The summed E-state index contributed by atoms with van der Waals surface area (Å²) in [7, 11) is 0. The monoisotopic (exact) mass is 352 g/mol. The molecule has 118 valence electrons. The predicted molar refractivity (Wildman–Crippen MR) is 94.4 cm³/mol. The molecule has 1 aliphatic rings. The van der Waals surface area contributed by atoms with Crippen LogP contribution in [0.25, 0.3) is 0 Å². The molecule has 1 aromatic rings. The molecular weight excluding hydrogens is 324 g/mol. The van der Waals surface area contributed by atoms with Crippen LogP contribution in [0.2, 0.25) is 0 Å². The number of benzene rings is 1. The van der Waals surface area contributed by atoms with Crippen molar-refractivity contribution in [1.29, 1.82) is 0 Å². The topological polar surface area (TPSA) is 29.3 Å². The normalized spacial score (nSPS) is 17.8. The molecule has 21 heavy (non-hydrogen) atoms. The summed E-state index contributed by atoms with van der Waals surface area (Å²) in [5.74, 6) is 0.742. The summed E-state index contributed by atoms with van der Waals surface area (Å²) >= 11 is 3.71. The van der Waals surface area contributed by atoms with Crippen LogP contribution in [-0.4, -0.2) is 24.0 Å². The van der Waals surface area contributed by atoms with Crippen molar-refractivity contribution in [2.24, 2.45) is 11.7 Å². The van der Waals surface area contributed by atoms with Gasteiger partial charge >= 0.3 is 0 Å². The third-order valence-corrected chi connectivity index (χ3v) is 5.37. The Morgan fingerprint density at radius 3 is 2.48 bits per heavy atom. The number of halogens is 1. The molecule has 2 N–H and O–H groups in total. The van der Waals surface area contributed by atoms with Gasteiger partial charge in [-0.1, -0.05) is 60.8 Å². The summed E-state index contributed by atoms with van der Waals surface area (Å²) in [5.41, 5.74) is 7.53. The van der Waals surface area contributed by atoms with E-state index in [1.165, 1.54) is 42.1 Å². The summed E-state index contributed by atoms with van der Waals surface area (Å²) < 4.78 is 1.19. The Labute approximate surface area is 138 Å². The first kappa shape index (κ1) is 17.0. The van der Waals surface area contributed by atoms with Crippen molar-refractivity contribution in [2.75, 3.05) is 13.1 Å². The zero-order valence-corrected chi connectivity index (χ0v) is 15.0. The van der Waals surface area contributed by atoms with Gasteiger partial charge in [-0.2, -0.15) is 0 Å². The highest BCUT2D eigenvalue weighted by Gasteiger charge is 2.29. The van der Waals surface area contributed by atoms with Crippen LogP contribution in [0.15, 0.2) is 28.7 Å². The lowest BCUT2D eigenvalue weighted by molar-refractivity contribution is 0.130. The largest absolute Gasteiger partial charge is 0.329 e. The highest BCUT2D eigenvalue weighted by molar-refractivity contribution is 9.10. The first-order valence-electron chi connectivity index (χ1n) is 8.33. The van der Waals surface area contributed by atoms with E-state index in [0.717, 1.165) is 12.5 Å². The van der Waals surface area contributed by atoms with Crippen molar-refractivity contribution in [3.05, 3.63) is 34.3 Å². The molecule has 1 aromatic carbocycles. The van der Waals surface area contributed by atoms with E-state index in [4.69, 9.17) is 5.73 Å². The molecule has 1 unspecified atom stereocenters. The Bertz CT molecular complexity index is 427. The van der Waals surface area contributed by atoms with E-state index in [0.29, 0.717) is 18.6 Å². The van der Waals surface area contributed by atoms with Gasteiger partial charge in [-0.3, -0.25) is 4.90 Å². The lowest BCUT2D eigenvalue weighted by atomic mass is 10.0. The molecule has 1 fully saturated rings. The Morgan fingerprint density at radius 2 is 1.90 bits per heavy atom. The van der Waals surface area contributed by atoms with Gasteiger partial charge in [-0.15, -0.1) is 0 Å². The van der Waals surface area contributed by atoms with E-state index in [-0.39, 0.29) is 0 Å². The molecule has 0 heterocycles. The molecule has 0 bridgehead atoms. The number of rotatable bonds is 7. The maximum atomic E-state index is 6.19. The fourth-order valence-corrected chi connectivity index (χ4v) is 3.97. The molecular formula is C18H29BrN2. The molecule has 0 spiro atoms.